The predicted octanol–water partition coefficient (Wildman–Crippen LogP) is 1.96. The normalized spacial score (nSPS) is 19.7. The van der Waals surface area contributed by atoms with Crippen molar-refractivity contribution in [1.29, 1.82) is 0 Å². The molecule has 1 aliphatic rings. The van der Waals surface area contributed by atoms with Gasteiger partial charge in [0.05, 0.1) is 0 Å². The largest absolute Gasteiger partial charge is 0.316 e. The van der Waals surface area contributed by atoms with Crippen molar-refractivity contribution in [3.63, 3.8) is 0 Å². The van der Waals surface area contributed by atoms with Gasteiger partial charge in [0.1, 0.15) is 0 Å². The van der Waals surface area contributed by atoms with Crippen molar-refractivity contribution in [2.24, 2.45) is 11.8 Å². The highest BCUT2D eigenvalue weighted by molar-refractivity contribution is 4.80. The van der Waals surface area contributed by atoms with E-state index in [9.17, 15) is 0 Å². The van der Waals surface area contributed by atoms with E-state index >= 15 is 0 Å². The predicted molar refractivity (Wildman–Crippen MR) is 62.5 cm³/mol. The summed E-state index contributed by atoms with van der Waals surface area (Å²) < 4.78 is 0. The summed E-state index contributed by atoms with van der Waals surface area (Å²) in [6.07, 6.45) is 4.07. The monoisotopic (exact) mass is 198 g/mol. The summed E-state index contributed by atoms with van der Waals surface area (Å²) in [7, 11) is 2.26. The van der Waals surface area contributed by atoms with Crippen LogP contribution in [0.1, 0.15) is 33.1 Å². The molecule has 0 bridgehead atoms. The van der Waals surface area contributed by atoms with E-state index in [4.69, 9.17) is 0 Å². The molecule has 1 atom stereocenters. The summed E-state index contributed by atoms with van der Waals surface area (Å²) in [4.78, 5) is 2.50. The lowest BCUT2D eigenvalue weighted by atomic mass is 9.88. The Morgan fingerprint density at radius 2 is 2.07 bits per heavy atom. The van der Waals surface area contributed by atoms with Gasteiger partial charge in [-0.05, 0) is 44.9 Å². The first-order valence-electron chi connectivity index (χ1n) is 6.13. The number of hydrogen-bond donors (Lipinski definition) is 1. The van der Waals surface area contributed by atoms with Crippen LogP contribution in [0.25, 0.3) is 0 Å². The molecule has 0 aromatic rings. The molecule has 84 valence electrons. The first-order valence-corrected chi connectivity index (χ1v) is 6.13. The lowest BCUT2D eigenvalue weighted by Gasteiger charge is -2.34. The van der Waals surface area contributed by atoms with E-state index in [1.165, 1.54) is 45.4 Å². The molecular formula is C12H26N2. The first-order chi connectivity index (χ1) is 6.74. The second-order valence-electron chi connectivity index (χ2n) is 4.86. The van der Waals surface area contributed by atoms with E-state index < -0.39 is 0 Å². The van der Waals surface area contributed by atoms with Crippen LogP contribution in [0.3, 0.4) is 0 Å². The average molecular weight is 198 g/mol. The van der Waals surface area contributed by atoms with Crippen LogP contribution in [0.15, 0.2) is 0 Å². The van der Waals surface area contributed by atoms with Crippen LogP contribution < -0.4 is 5.32 Å². The Kier molecular flexibility index (Phi) is 5.49. The summed E-state index contributed by atoms with van der Waals surface area (Å²) in [6, 6.07) is 0. The number of hydrogen-bond acceptors (Lipinski definition) is 2. The lowest BCUT2D eigenvalue weighted by Crippen LogP contribution is -2.47. The molecule has 0 radical (unpaired) electrons. The van der Waals surface area contributed by atoms with Gasteiger partial charge in [-0.1, -0.05) is 26.7 Å². The molecule has 1 rings (SSSR count). The highest BCUT2D eigenvalue weighted by Gasteiger charge is 2.23. The molecule has 1 aliphatic heterocycles. The molecular weight excluding hydrogens is 172 g/mol. The third-order valence-corrected chi connectivity index (χ3v) is 3.36. The number of nitrogens with one attached hydrogen (secondary N) is 1. The van der Waals surface area contributed by atoms with E-state index in [0.29, 0.717) is 0 Å². The maximum Gasteiger partial charge on any atom is 0.000757 e. The van der Waals surface area contributed by atoms with Gasteiger partial charge in [0.2, 0.25) is 0 Å². The van der Waals surface area contributed by atoms with Crippen LogP contribution in [-0.4, -0.2) is 38.1 Å². The summed E-state index contributed by atoms with van der Waals surface area (Å²) >= 11 is 0. The summed E-state index contributed by atoms with van der Waals surface area (Å²) in [5.74, 6) is 1.80. The van der Waals surface area contributed by atoms with Gasteiger partial charge in [-0.25, -0.2) is 0 Å². The fourth-order valence-corrected chi connectivity index (χ4v) is 2.08. The van der Waals surface area contributed by atoms with Crippen molar-refractivity contribution in [3.05, 3.63) is 0 Å². The lowest BCUT2D eigenvalue weighted by molar-refractivity contribution is 0.184. The summed E-state index contributed by atoms with van der Waals surface area (Å²) in [5, 5.41) is 3.35. The van der Waals surface area contributed by atoms with Gasteiger partial charge in [-0.2, -0.15) is 0 Å². The minimum absolute atomic E-state index is 0.864. The Labute approximate surface area is 89.1 Å². The van der Waals surface area contributed by atoms with Crippen molar-refractivity contribution < 1.29 is 0 Å². The molecule has 1 N–H and O–H groups in total. The van der Waals surface area contributed by atoms with Crippen LogP contribution in [-0.2, 0) is 0 Å². The van der Waals surface area contributed by atoms with Gasteiger partial charge in [-0.3, -0.25) is 0 Å². The standard InChI is InChI=1S/C12H26N2/c1-4-5-6-7-14(3)10-11(2)12-8-13-9-12/h11-13H,4-10H2,1-3H3. The second-order valence-corrected chi connectivity index (χ2v) is 4.86. The fourth-order valence-electron chi connectivity index (χ4n) is 2.08. The Morgan fingerprint density at radius 1 is 1.36 bits per heavy atom. The van der Waals surface area contributed by atoms with Crippen LogP contribution in [0.4, 0.5) is 0 Å². The van der Waals surface area contributed by atoms with Gasteiger partial charge in [-0.15, -0.1) is 0 Å². The van der Waals surface area contributed by atoms with Crippen molar-refractivity contribution in [2.45, 2.75) is 33.1 Å². The Hall–Kier alpha value is -0.0800. The molecule has 0 spiro atoms. The smallest absolute Gasteiger partial charge is 0.000757 e. The highest BCUT2D eigenvalue weighted by Crippen LogP contribution is 2.16. The third-order valence-electron chi connectivity index (χ3n) is 3.36. The van der Waals surface area contributed by atoms with Crippen LogP contribution >= 0.6 is 0 Å². The van der Waals surface area contributed by atoms with Crippen LogP contribution in [0.5, 0.6) is 0 Å². The minimum atomic E-state index is 0.864. The maximum atomic E-state index is 3.35. The van der Waals surface area contributed by atoms with E-state index in [1.54, 1.807) is 0 Å². The molecule has 0 aromatic heterocycles. The van der Waals surface area contributed by atoms with Crippen molar-refractivity contribution >= 4 is 0 Å². The number of rotatable bonds is 7. The van der Waals surface area contributed by atoms with Crippen LogP contribution in [0, 0.1) is 11.8 Å². The zero-order valence-corrected chi connectivity index (χ0v) is 10.1. The van der Waals surface area contributed by atoms with Gasteiger partial charge in [0.15, 0.2) is 0 Å². The maximum absolute atomic E-state index is 3.35. The van der Waals surface area contributed by atoms with E-state index in [1.807, 2.05) is 0 Å². The van der Waals surface area contributed by atoms with Crippen molar-refractivity contribution in [2.75, 3.05) is 33.2 Å². The van der Waals surface area contributed by atoms with E-state index in [2.05, 4.69) is 31.1 Å². The van der Waals surface area contributed by atoms with Crippen molar-refractivity contribution in [3.8, 4) is 0 Å². The van der Waals surface area contributed by atoms with E-state index in [-0.39, 0.29) is 0 Å². The van der Waals surface area contributed by atoms with Gasteiger partial charge in [0.25, 0.3) is 0 Å². The van der Waals surface area contributed by atoms with Gasteiger partial charge < -0.3 is 10.2 Å². The number of unbranched alkanes of at least 4 members (excludes halogenated alkanes) is 2. The Balaban J connectivity index is 2.03. The Bertz CT molecular complexity index is 143. The molecule has 2 heteroatoms. The molecule has 0 aromatic carbocycles. The molecule has 0 aliphatic carbocycles. The quantitative estimate of drug-likeness (QED) is 0.629. The van der Waals surface area contributed by atoms with Crippen LogP contribution in [0.2, 0.25) is 0 Å². The zero-order chi connectivity index (χ0) is 10.4. The Morgan fingerprint density at radius 3 is 2.57 bits per heavy atom. The SMILES string of the molecule is CCCCCN(C)CC(C)C1CNC1. The first kappa shape index (κ1) is 12.0. The third kappa shape index (κ3) is 3.97. The highest BCUT2D eigenvalue weighted by atomic mass is 15.1. The van der Waals surface area contributed by atoms with Gasteiger partial charge >= 0.3 is 0 Å². The number of nitrogens with zero attached hydrogens (tertiary/aromatic N) is 1. The van der Waals surface area contributed by atoms with Gasteiger partial charge in [0, 0.05) is 6.54 Å². The molecule has 1 saturated heterocycles. The topological polar surface area (TPSA) is 15.3 Å². The molecule has 0 amide bonds. The molecule has 0 saturated carbocycles. The van der Waals surface area contributed by atoms with E-state index in [0.717, 1.165) is 11.8 Å². The molecule has 2 nitrogen and oxygen atoms in total. The molecule has 14 heavy (non-hydrogen) atoms. The zero-order valence-electron chi connectivity index (χ0n) is 10.1. The fraction of sp³-hybridized carbons (Fsp3) is 1.00. The summed E-state index contributed by atoms with van der Waals surface area (Å²) in [5.41, 5.74) is 0. The average Bonchev–Trinajstić information content (AvgIpc) is 2.00. The minimum Gasteiger partial charge on any atom is -0.316 e. The molecule has 1 fully saturated rings. The molecule has 1 unspecified atom stereocenters. The molecule has 1 heterocycles. The second kappa shape index (κ2) is 6.41. The summed E-state index contributed by atoms with van der Waals surface area (Å²) in [6.45, 7) is 9.69. The van der Waals surface area contributed by atoms with Crippen molar-refractivity contribution in [1.82, 2.24) is 10.2 Å².